The van der Waals surface area contributed by atoms with Crippen LogP contribution >= 0.6 is 0 Å². The van der Waals surface area contributed by atoms with E-state index < -0.39 is 23.3 Å². The summed E-state index contributed by atoms with van der Waals surface area (Å²) in [5, 5.41) is 9.41. The van der Waals surface area contributed by atoms with E-state index in [0.29, 0.717) is 5.69 Å². The van der Waals surface area contributed by atoms with Crippen molar-refractivity contribution in [2.45, 2.75) is 38.3 Å². The van der Waals surface area contributed by atoms with Gasteiger partial charge in [-0.25, -0.2) is 4.98 Å². The predicted octanol–water partition coefficient (Wildman–Crippen LogP) is 1.96. The average Bonchev–Trinajstić information content (AvgIpc) is 2.16. The van der Waals surface area contributed by atoms with E-state index in [4.69, 9.17) is 5.73 Å². The molecular weight excluding hydrogens is 214 g/mol. The van der Waals surface area contributed by atoms with Gasteiger partial charge in [0.15, 0.2) is 0 Å². The molecule has 0 aliphatic carbocycles. The van der Waals surface area contributed by atoms with Gasteiger partial charge in [0, 0.05) is 6.04 Å². The minimum absolute atomic E-state index is 0.376. The van der Waals surface area contributed by atoms with Gasteiger partial charge in [0.25, 0.3) is 0 Å². The normalized spacial score (nSPS) is 14.9. The number of hydrogen-bond acceptors (Lipinski definition) is 3. The lowest BCUT2D eigenvalue weighted by Gasteiger charge is -2.28. The van der Waals surface area contributed by atoms with E-state index in [0.717, 1.165) is 13.8 Å². The maximum Gasteiger partial charge on any atom is 0.317 e. The number of pyridine rings is 1. The molecular formula is C11H16F2N2O. The second kappa shape index (κ2) is 4.07. The number of halogens is 2. The molecule has 1 heterocycles. The molecule has 0 aliphatic rings. The fourth-order valence-electron chi connectivity index (χ4n) is 1.19. The number of aliphatic hydroxyl groups is 1. The van der Waals surface area contributed by atoms with Gasteiger partial charge in [-0.05, 0) is 32.9 Å². The van der Waals surface area contributed by atoms with E-state index in [1.54, 1.807) is 13.0 Å². The monoisotopic (exact) mass is 230 g/mol. The van der Waals surface area contributed by atoms with Crippen molar-refractivity contribution in [2.75, 3.05) is 0 Å². The number of nitrogens with two attached hydrogens (primary N) is 1. The highest BCUT2D eigenvalue weighted by Gasteiger charge is 2.48. The SMILES string of the molecule is C[C@@H](N)c1cccc(C(F)(F)C(C)(C)O)n1. The Bertz CT molecular complexity index is 372. The lowest BCUT2D eigenvalue weighted by atomic mass is 9.97. The number of aromatic nitrogens is 1. The fourth-order valence-corrected chi connectivity index (χ4v) is 1.19. The molecule has 1 aromatic heterocycles. The van der Waals surface area contributed by atoms with E-state index in [-0.39, 0.29) is 0 Å². The molecule has 0 unspecified atom stereocenters. The van der Waals surface area contributed by atoms with Crippen molar-refractivity contribution < 1.29 is 13.9 Å². The smallest absolute Gasteiger partial charge is 0.317 e. The van der Waals surface area contributed by atoms with Crippen LogP contribution in [0.2, 0.25) is 0 Å². The third-order valence-electron chi connectivity index (χ3n) is 2.33. The van der Waals surface area contributed by atoms with Crippen molar-refractivity contribution in [1.29, 1.82) is 0 Å². The molecule has 1 rings (SSSR count). The Morgan fingerprint density at radius 2 is 1.94 bits per heavy atom. The summed E-state index contributed by atoms with van der Waals surface area (Å²) in [5.74, 6) is -3.40. The second-order valence-corrected chi connectivity index (χ2v) is 4.37. The lowest BCUT2D eigenvalue weighted by molar-refractivity contribution is -0.171. The van der Waals surface area contributed by atoms with Crippen molar-refractivity contribution in [3.05, 3.63) is 29.6 Å². The highest BCUT2D eigenvalue weighted by Crippen LogP contribution is 2.37. The van der Waals surface area contributed by atoms with Gasteiger partial charge in [0.05, 0.1) is 5.69 Å². The summed E-state index contributed by atoms with van der Waals surface area (Å²) in [6, 6.07) is 3.80. The zero-order valence-electron chi connectivity index (χ0n) is 9.54. The summed E-state index contributed by atoms with van der Waals surface area (Å²) in [6.45, 7) is 3.76. The molecule has 0 aliphatic heterocycles. The fraction of sp³-hybridized carbons (Fsp3) is 0.545. The molecule has 0 radical (unpaired) electrons. The van der Waals surface area contributed by atoms with Crippen LogP contribution in [0.15, 0.2) is 18.2 Å². The topological polar surface area (TPSA) is 59.1 Å². The summed E-state index contributed by atoms with van der Waals surface area (Å²) in [5.41, 5.74) is 3.32. The molecule has 1 atom stereocenters. The molecule has 5 heteroatoms. The molecule has 90 valence electrons. The van der Waals surface area contributed by atoms with E-state index in [1.807, 2.05) is 0 Å². The first-order valence-corrected chi connectivity index (χ1v) is 4.99. The van der Waals surface area contributed by atoms with Crippen LogP contribution in [0.25, 0.3) is 0 Å². The van der Waals surface area contributed by atoms with E-state index in [1.165, 1.54) is 12.1 Å². The Balaban J connectivity index is 3.19. The highest BCUT2D eigenvalue weighted by molar-refractivity contribution is 5.19. The number of nitrogens with zero attached hydrogens (tertiary/aromatic N) is 1. The van der Waals surface area contributed by atoms with Crippen molar-refractivity contribution in [1.82, 2.24) is 4.98 Å². The van der Waals surface area contributed by atoms with E-state index in [9.17, 15) is 13.9 Å². The minimum Gasteiger partial charge on any atom is -0.384 e. The van der Waals surface area contributed by atoms with Crippen LogP contribution in [0.4, 0.5) is 8.78 Å². The van der Waals surface area contributed by atoms with E-state index in [2.05, 4.69) is 4.98 Å². The van der Waals surface area contributed by atoms with Crippen LogP contribution in [-0.4, -0.2) is 15.7 Å². The van der Waals surface area contributed by atoms with Gasteiger partial charge in [-0.3, -0.25) is 0 Å². The van der Waals surface area contributed by atoms with Crippen LogP contribution in [0.3, 0.4) is 0 Å². The molecule has 0 amide bonds. The molecule has 3 nitrogen and oxygen atoms in total. The quantitative estimate of drug-likeness (QED) is 0.834. The zero-order chi connectivity index (χ0) is 12.6. The van der Waals surface area contributed by atoms with Crippen molar-refractivity contribution in [2.24, 2.45) is 5.73 Å². The predicted molar refractivity (Wildman–Crippen MR) is 57.0 cm³/mol. The number of alkyl halides is 2. The summed E-state index contributed by atoms with van der Waals surface area (Å²) in [7, 11) is 0. The molecule has 1 aromatic rings. The molecule has 0 aromatic carbocycles. The van der Waals surface area contributed by atoms with Crippen LogP contribution < -0.4 is 5.73 Å². The first kappa shape index (κ1) is 13.0. The molecule has 16 heavy (non-hydrogen) atoms. The maximum absolute atomic E-state index is 13.8. The average molecular weight is 230 g/mol. The van der Waals surface area contributed by atoms with Crippen LogP contribution in [0.1, 0.15) is 38.2 Å². The third kappa shape index (κ3) is 2.36. The summed E-state index contributed by atoms with van der Waals surface area (Å²) >= 11 is 0. The van der Waals surface area contributed by atoms with Gasteiger partial charge < -0.3 is 10.8 Å². The lowest BCUT2D eigenvalue weighted by Crippen LogP contribution is -2.41. The first-order chi connectivity index (χ1) is 7.16. The number of rotatable bonds is 3. The molecule has 0 saturated heterocycles. The molecule has 0 spiro atoms. The van der Waals surface area contributed by atoms with Gasteiger partial charge in [0.2, 0.25) is 0 Å². The number of hydrogen-bond donors (Lipinski definition) is 2. The van der Waals surface area contributed by atoms with Gasteiger partial charge in [-0.2, -0.15) is 8.78 Å². The molecule has 3 N–H and O–H groups in total. The first-order valence-electron chi connectivity index (χ1n) is 4.99. The third-order valence-corrected chi connectivity index (χ3v) is 2.33. The standard InChI is InChI=1S/C11H16F2N2O/c1-7(14)8-5-4-6-9(15-8)11(12,13)10(2,3)16/h4-7,16H,14H2,1-3H3/t7-/m1/s1. The highest BCUT2D eigenvalue weighted by atomic mass is 19.3. The Kier molecular flexibility index (Phi) is 3.30. The van der Waals surface area contributed by atoms with Gasteiger partial charge in [-0.15, -0.1) is 0 Å². The van der Waals surface area contributed by atoms with Gasteiger partial charge >= 0.3 is 5.92 Å². The van der Waals surface area contributed by atoms with Crippen molar-refractivity contribution in [3.63, 3.8) is 0 Å². The van der Waals surface area contributed by atoms with Crippen LogP contribution in [0, 0.1) is 0 Å². The minimum atomic E-state index is -3.40. The molecule has 0 bridgehead atoms. The Morgan fingerprint density at radius 3 is 2.38 bits per heavy atom. The zero-order valence-corrected chi connectivity index (χ0v) is 9.54. The largest absolute Gasteiger partial charge is 0.384 e. The van der Waals surface area contributed by atoms with Crippen molar-refractivity contribution >= 4 is 0 Å². The summed E-state index contributed by atoms with van der Waals surface area (Å²) < 4.78 is 27.5. The summed E-state index contributed by atoms with van der Waals surface area (Å²) in [6.07, 6.45) is 0. The molecule has 0 saturated carbocycles. The second-order valence-electron chi connectivity index (χ2n) is 4.37. The van der Waals surface area contributed by atoms with Crippen LogP contribution in [-0.2, 0) is 5.92 Å². The van der Waals surface area contributed by atoms with E-state index >= 15 is 0 Å². The Hall–Kier alpha value is -1.07. The Morgan fingerprint density at radius 1 is 1.38 bits per heavy atom. The van der Waals surface area contributed by atoms with Crippen LogP contribution in [0.5, 0.6) is 0 Å². The summed E-state index contributed by atoms with van der Waals surface area (Å²) in [4.78, 5) is 3.78. The van der Waals surface area contributed by atoms with Crippen molar-refractivity contribution in [3.8, 4) is 0 Å². The maximum atomic E-state index is 13.8. The Labute approximate surface area is 93.3 Å². The van der Waals surface area contributed by atoms with Gasteiger partial charge in [0.1, 0.15) is 11.3 Å². The van der Waals surface area contributed by atoms with Gasteiger partial charge in [-0.1, -0.05) is 6.07 Å². The molecule has 0 fully saturated rings.